The quantitative estimate of drug-likeness (QED) is 0.435. The first-order chi connectivity index (χ1) is 16.7. The Balaban J connectivity index is 1.45. The predicted molar refractivity (Wildman–Crippen MR) is 134 cm³/mol. The number of rotatable bonds is 5. The number of pyridine rings is 1. The van der Waals surface area contributed by atoms with Crippen LogP contribution in [0, 0.1) is 11.8 Å². The molecular weight excluding hydrogens is 424 g/mol. The summed E-state index contributed by atoms with van der Waals surface area (Å²) in [7, 11) is 0. The van der Waals surface area contributed by atoms with E-state index in [4.69, 9.17) is 4.74 Å². The van der Waals surface area contributed by atoms with Gasteiger partial charge in [0.1, 0.15) is 0 Å². The van der Waals surface area contributed by atoms with Gasteiger partial charge in [-0.15, -0.1) is 0 Å². The molecule has 0 bridgehead atoms. The number of ether oxygens (including phenoxy) is 1. The average molecular weight is 453 g/mol. The second kappa shape index (κ2) is 10.1. The van der Waals surface area contributed by atoms with Crippen LogP contribution in [0.3, 0.4) is 0 Å². The zero-order valence-corrected chi connectivity index (χ0v) is 19.4. The van der Waals surface area contributed by atoms with Gasteiger partial charge in [-0.25, -0.2) is 0 Å². The van der Waals surface area contributed by atoms with E-state index in [1.807, 2.05) is 59.4 Å². The summed E-state index contributed by atoms with van der Waals surface area (Å²) in [6.07, 6.45) is 4.52. The third-order valence-corrected chi connectivity index (χ3v) is 6.22. The van der Waals surface area contributed by atoms with Crippen molar-refractivity contribution in [2.45, 2.75) is 19.9 Å². The Hall–Kier alpha value is -3.66. The summed E-state index contributed by atoms with van der Waals surface area (Å²) >= 11 is 0. The fourth-order valence-corrected chi connectivity index (χ4v) is 4.40. The van der Waals surface area contributed by atoms with E-state index in [1.165, 1.54) is 0 Å². The highest BCUT2D eigenvalue weighted by molar-refractivity contribution is 5.88. The van der Waals surface area contributed by atoms with E-state index in [-0.39, 0.29) is 5.56 Å². The van der Waals surface area contributed by atoms with Crippen LogP contribution in [0.4, 0.5) is 0 Å². The summed E-state index contributed by atoms with van der Waals surface area (Å²) in [5, 5.41) is 6.03. The third kappa shape index (κ3) is 4.67. The van der Waals surface area contributed by atoms with Crippen molar-refractivity contribution in [2.75, 3.05) is 32.8 Å². The van der Waals surface area contributed by atoms with Crippen molar-refractivity contribution in [1.82, 2.24) is 19.2 Å². The van der Waals surface area contributed by atoms with Crippen LogP contribution in [0.1, 0.15) is 23.7 Å². The summed E-state index contributed by atoms with van der Waals surface area (Å²) in [4.78, 5) is 16.0. The summed E-state index contributed by atoms with van der Waals surface area (Å²) in [6.45, 7) is 7.36. The lowest BCUT2D eigenvalue weighted by molar-refractivity contribution is 0.0360. The van der Waals surface area contributed by atoms with Crippen LogP contribution < -0.4 is 5.56 Å². The van der Waals surface area contributed by atoms with Crippen LogP contribution in [0.2, 0.25) is 0 Å². The SMILES string of the molecule is CCc1cc2cccc(C#Cc3cnn(CCN4CCOCC4)c3)c2c(=O)n1-c1ccccc1. The molecule has 172 valence electrons. The molecule has 3 heterocycles. The molecule has 0 radical (unpaired) electrons. The Labute approximate surface area is 199 Å². The molecule has 1 aliphatic rings. The van der Waals surface area contributed by atoms with Crippen LogP contribution in [-0.2, 0) is 17.7 Å². The second-order valence-electron chi connectivity index (χ2n) is 8.43. The van der Waals surface area contributed by atoms with Gasteiger partial charge in [0.05, 0.1) is 36.9 Å². The highest BCUT2D eigenvalue weighted by Gasteiger charge is 2.13. The summed E-state index contributed by atoms with van der Waals surface area (Å²) in [5.74, 6) is 6.45. The van der Waals surface area contributed by atoms with Gasteiger partial charge in [-0.3, -0.25) is 18.9 Å². The van der Waals surface area contributed by atoms with E-state index < -0.39 is 0 Å². The number of para-hydroxylation sites is 1. The fourth-order valence-electron chi connectivity index (χ4n) is 4.40. The Bertz CT molecular complexity index is 1400. The molecule has 2 aromatic carbocycles. The first-order valence-corrected chi connectivity index (χ1v) is 11.8. The molecule has 6 nitrogen and oxygen atoms in total. The normalized spacial score (nSPS) is 14.1. The maximum absolute atomic E-state index is 13.6. The van der Waals surface area contributed by atoms with Crippen molar-refractivity contribution in [1.29, 1.82) is 0 Å². The van der Waals surface area contributed by atoms with Gasteiger partial charge in [-0.05, 0) is 36.1 Å². The summed E-state index contributed by atoms with van der Waals surface area (Å²) in [6, 6.07) is 17.8. The molecule has 6 heteroatoms. The summed E-state index contributed by atoms with van der Waals surface area (Å²) < 4.78 is 9.14. The number of aromatic nitrogens is 3. The highest BCUT2D eigenvalue weighted by atomic mass is 16.5. The molecule has 1 aliphatic heterocycles. The van der Waals surface area contributed by atoms with E-state index in [2.05, 4.69) is 34.8 Å². The van der Waals surface area contributed by atoms with Gasteiger partial charge < -0.3 is 4.74 Å². The highest BCUT2D eigenvalue weighted by Crippen LogP contribution is 2.19. The van der Waals surface area contributed by atoms with E-state index in [1.54, 1.807) is 10.8 Å². The molecule has 0 atom stereocenters. The molecule has 5 rings (SSSR count). The molecule has 1 saturated heterocycles. The van der Waals surface area contributed by atoms with Crippen LogP contribution in [0.25, 0.3) is 16.5 Å². The Morgan fingerprint density at radius 1 is 1.00 bits per heavy atom. The third-order valence-electron chi connectivity index (χ3n) is 6.22. The van der Waals surface area contributed by atoms with Gasteiger partial charge in [-0.1, -0.05) is 49.1 Å². The second-order valence-corrected chi connectivity index (χ2v) is 8.43. The molecule has 1 fully saturated rings. The van der Waals surface area contributed by atoms with Gasteiger partial charge in [0.2, 0.25) is 0 Å². The number of hydrogen-bond donors (Lipinski definition) is 0. The minimum absolute atomic E-state index is 0.0355. The van der Waals surface area contributed by atoms with Crippen LogP contribution >= 0.6 is 0 Å². The molecule has 0 unspecified atom stereocenters. The zero-order chi connectivity index (χ0) is 23.3. The molecule has 2 aromatic heterocycles. The largest absolute Gasteiger partial charge is 0.379 e. The topological polar surface area (TPSA) is 52.3 Å². The monoisotopic (exact) mass is 452 g/mol. The van der Waals surface area contributed by atoms with Crippen molar-refractivity contribution >= 4 is 10.8 Å². The average Bonchev–Trinajstić information content (AvgIpc) is 3.35. The van der Waals surface area contributed by atoms with Crippen LogP contribution in [-0.4, -0.2) is 52.1 Å². The number of hydrogen-bond acceptors (Lipinski definition) is 4. The molecule has 0 spiro atoms. The first kappa shape index (κ1) is 22.1. The number of morpholine rings is 1. The minimum atomic E-state index is -0.0355. The van der Waals surface area contributed by atoms with Gasteiger partial charge in [-0.2, -0.15) is 5.10 Å². The number of benzene rings is 2. The molecule has 0 aliphatic carbocycles. The number of aryl methyl sites for hydroxylation is 1. The van der Waals surface area contributed by atoms with Crippen molar-refractivity contribution in [2.24, 2.45) is 0 Å². The van der Waals surface area contributed by atoms with E-state index >= 15 is 0 Å². The molecule has 0 N–H and O–H groups in total. The molecule has 4 aromatic rings. The molecule has 34 heavy (non-hydrogen) atoms. The molecule has 0 saturated carbocycles. The lowest BCUT2D eigenvalue weighted by Gasteiger charge is -2.26. The zero-order valence-electron chi connectivity index (χ0n) is 19.4. The smallest absolute Gasteiger partial charge is 0.264 e. The Kier molecular flexibility index (Phi) is 6.57. The first-order valence-electron chi connectivity index (χ1n) is 11.8. The Morgan fingerprint density at radius 2 is 1.82 bits per heavy atom. The lowest BCUT2D eigenvalue weighted by atomic mass is 10.0. The van der Waals surface area contributed by atoms with Gasteiger partial charge in [0.15, 0.2) is 0 Å². The predicted octanol–water partition coefficient (Wildman–Crippen LogP) is 3.48. The van der Waals surface area contributed by atoms with E-state index in [9.17, 15) is 4.79 Å². The van der Waals surface area contributed by atoms with Crippen LogP contribution in [0.15, 0.2) is 71.8 Å². The molecular formula is C28H28N4O2. The van der Waals surface area contributed by atoms with Gasteiger partial charge in [0.25, 0.3) is 5.56 Å². The van der Waals surface area contributed by atoms with E-state index in [0.717, 1.165) is 73.7 Å². The van der Waals surface area contributed by atoms with Gasteiger partial charge >= 0.3 is 0 Å². The Morgan fingerprint density at radius 3 is 2.62 bits per heavy atom. The van der Waals surface area contributed by atoms with Crippen molar-refractivity contribution in [3.63, 3.8) is 0 Å². The van der Waals surface area contributed by atoms with Crippen molar-refractivity contribution in [3.05, 3.63) is 94.2 Å². The fraction of sp³-hybridized carbons (Fsp3) is 0.286. The number of fused-ring (bicyclic) bond motifs is 1. The van der Waals surface area contributed by atoms with E-state index in [0.29, 0.717) is 5.39 Å². The minimum Gasteiger partial charge on any atom is -0.379 e. The van der Waals surface area contributed by atoms with Gasteiger partial charge in [0, 0.05) is 42.8 Å². The number of nitrogens with zero attached hydrogens (tertiary/aromatic N) is 4. The maximum atomic E-state index is 13.6. The summed E-state index contributed by atoms with van der Waals surface area (Å²) in [5.41, 5.74) is 3.39. The van der Waals surface area contributed by atoms with Crippen LogP contribution in [0.5, 0.6) is 0 Å². The van der Waals surface area contributed by atoms with Crippen molar-refractivity contribution in [3.8, 4) is 17.5 Å². The molecule has 0 amide bonds. The maximum Gasteiger partial charge on any atom is 0.264 e. The standard InChI is InChI=1S/C28H28N4O2/c1-2-25-19-24-8-6-7-23(27(24)28(33)32(25)26-9-4-3-5-10-26)12-11-22-20-29-31(21-22)14-13-30-15-17-34-18-16-30/h3-10,19-21H,2,13-18H2,1H3. The van der Waals surface area contributed by atoms with Crippen molar-refractivity contribution < 1.29 is 4.74 Å². The lowest BCUT2D eigenvalue weighted by Crippen LogP contribution is -2.38.